The minimum Gasteiger partial charge on any atom is -0.507 e. The van der Waals surface area contributed by atoms with E-state index >= 15 is 4.79 Å². The molecule has 4 amide bonds. The largest absolute Gasteiger partial charge is 0.507 e. The van der Waals surface area contributed by atoms with Gasteiger partial charge in [-0.3, -0.25) is 29.5 Å². The Hall–Kier alpha value is -5.50. The van der Waals surface area contributed by atoms with E-state index in [1.165, 1.54) is 4.90 Å². The molecule has 0 unspecified atom stereocenters. The zero-order chi connectivity index (χ0) is 34.9. The van der Waals surface area contributed by atoms with Gasteiger partial charge >= 0.3 is 0 Å². The van der Waals surface area contributed by atoms with Gasteiger partial charge in [0.2, 0.25) is 11.8 Å². The molecule has 6 atom stereocenters. The van der Waals surface area contributed by atoms with Gasteiger partial charge in [-0.05, 0) is 80.0 Å². The highest BCUT2D eigenvalue weighted by Gasteiger charge is 2.70. The molecule has 0 spiro atoms. The van der Waals surface area contributed by atoms with Crippen LogP contribution in [0, 0.1) is 37.5 Å². The van der Waals surface area contributed by atoms with Crippen LogP contribution in [-0.4, -0.2) is 33.7 Å². The van der Waals surface area contributed by atoms with Crippen molar-refractivity contribution in [3.05, 3.63) is 137 Å². The van der Waals surface area contributed by atoms with Crippen molar-refractivity contribution in [2.75, 3.05) is 10.3 Å². The maximum absolute atomic E-state index is 15.2. The molecule has 0 aromatic heterocycles. The fourth-order valence-corrected chi connectivity index (χ4v) is 9.14. The second-order valence-electron chi connectivity index (χ2n) is 14.1. The molecule has 4 aromatic rings. The third-order valence-electron chi connectivity index (χ3n) is 11.6. The molecule has 4 aromatic carbocycles. The molecule has 2 aliphatic heterocycles. The fourth-order valence-electron chi connectivity index (χ4n) is 9.14. The summed E-state index contributed by atoms with van der Waals surface area (Å²) in [5.74, 6) is -4.78. The standard InChI is InChI=1S/C42H39N3O5/c1-4-26-15-19-29(20-16-26)44-38(47)31-22-21-30-33(35(31)40(44)49)23-34-39(48)45(43-28-17-13-24(2)14-18-28)41(50)42(34,27-10-6-5-7-11-27)36(30)32-12-8-9-25(3)37(32)46/h5-21,31,33-36,43,46H,4,22-23H2,1-3H3/t31-,33+,34-,35-,36+,42+/m0/s1. The Kier molecular flexibility index (Phi) is 7.51. The number of allylic oxidation sites excluding steroid dienone is 2. The number of phenolic OH excluding ortho intramolecular Hbond substituents is 1. The van der Waals surface area contributed by atoms with E-state index in [0.29, 0.717) is 34.5 Å². The molecular weight excluding hydrogens is 626 g/mol. The number of anilines is 2. The summed E-state index contributed by atoms with van der Waals surface area (Å²) >= 11 is 0. The number of fused-ring (bicyclic) bond motifs is 4. The van der Waals surface area contributed by atoms with Crippen LogP contribution in [0.15, 0.2) is 109 Å². The third-order valence-corrected chi connectivity index (χ3v) is 11.6. The lowest BCUT2D eigenvalue weighted by molar-refractivity contribution is -0.138. The zero-order valence-electron chi connectivity index (χ0n) is 28.3. The van der Waals surface area contributed by atoms with Crippen LogP contribution in [0.2, 0.25) is 0 Å². The minimum atomic E-state index is -1.43. The first kappa shape index (κ1) is 31.7. The maximum atomic E-state index is 15.2. The van der Waals surface area contributed by atoms with Gasteiger partial charge in [0, 0.05) is 11.5 Å². The summed E-state index contributed by atoms with van der Waals surface area (Å²) in [6.07, 6.45) is 3.37. The minimum absolute atomic E-state index is 0.0480. The number of para-hydroxylation sites is 1. The van der Waals surface area contributed by atoms with Crippen molar-refractivity contribution in [3.8, 4) is 5.75 Å². The number of amides is 4. The molecule has 2 aliphatic carbocycles. The Morgan fingerprint density at radius 1 is 0.800 bits per heavy atom. The highest BCUT2D eigenvalue weighted by Crippen LogP contribution is 2.65. The molecule has 2 saturated heterocycles. The van der Waals surface area contributed by atoms with Gasteiger partial charge in [0.25, 0.3) is 11.8 Å². The average molecular weight is 666 g/mol. The number of nitrogens with zero attached hydrogens (tertiary/aromatic N) is 2. The van der Waals surface area contributed by atoms with Gasteiger partial charge in [-0.2, -0.15) is 5.01 Å². The lowest BCUT2D eigenvalue weighted by Gasteiger charge is -2.50. The smallest absolute Gasteiger partial charge is 0.260 e. The first-order valence-corrected chi connectivity index (χ1v) is 17.4. The molecule has 4 aliphatic rings. The van der Waals surface area contributed by atoms with E-state index < -0.39 is 46.8 Å². The number of carbonyl (C=O) groups is 4. The number of nitrogens with one attached hydrogen (secondary N) is 1. The number of hydrogen-bond acceptors (Lipinski definition) is 6. The van der Waals surface area contributed by atoms with Gasteiger partial charge < -0.3 is 5.11 Å². The van der Waals surface area contributed by atoms with E-state index in [1.54, 1.807) is 0 Å². The molecule has 2 heterocycles. The van der Waals surface area contributed by atoms with Crippen molar-refractivity contribution in [3.63, 3.8) is 0 Å². The molecular formula is C42H39N3O5. The van der Waals surface area contributed by atoms with E-state index in [9.17, 15) is 19.5 Å². The highest BCUT2D eigenvalue weighted by molar-refractivity contribution is 6.22. The number of aromatic hydroxyl groups is 1. The van der Waals surface area contributed by atoms with Crippen molar-refractivity contribution in [1.82, 2.24) is 5.01 Å². The van der Waals surface area contributed by atoms with Crippen LogP contribution in [0.5, 0.6) is 5.75 Å². The van der Waals surface area contributed by atoms with Crippen LogP contribution in [-0.2, 0) is 31.0 Å². The van der Waals surface area contributed by atoms with Crippen LogP contribution in [0.3, 0.4) is 0 Å². The molecule has 8 heteroatoms. The van der Waals surface area contributed by atoms with Gasteiger partial charge in [-0.1, -0.05) is 96.9 Å². The Bertz CT molecular complexity index is 2070. The molecule has 50 heavy (non-hydrogen) atoms. The Morgan fingerprint density at radius 3 is 2.22 bits per heavy atom. The van der Waals surface area contributed by atoms with Crippen molar-refractivity contribution >= 4 is 35.0 Å². The molecule has 1 saturated carbocycles. The number of carbonyl (C=O) groups excluding carboxylic acids is 4. The van der Waals surface area contributed by atoms with Gasteiger partial charge in [0.1, 0.15) is 5.75 Å². The number of benzene rings is 4. The van der Waals surface area contributed by atoms with E-state index in [1.807, 2.05) is 117 Å². The third kappa shape index (κ3) is 4.50. The molecule has 252 valence electrons. The van der Waals surface area contributed by atoms with E-state index in [2.05, 4.69) is 12.3 Å². The van der Waals surface area contributed by atoms with E-state index in [4.69, 9.17) is 0 Å². The molecule has 2 N–H and O–H groups in total. The second-order valence-corrected chi connectivity index (χ2v) is 14.1. The summed E-state index contributed by atoms with van der Waals surface area (Å²) in [4.78, 5) is 59.9. The van der Waals surface area contributed by atoms with Crippen molar-refractivity contribution in [2.24, 2.45) is 23.7 Å². The summed E-state index contributed by atoms with van der Waals surface area (Å²) in [5.41, 5.74) is 7.60. The Morgan fingerprint density at radius 2 is 1.52 bits per heavy atom. The first-order valence-electron chi connectivity index (χ1n) is 17.4. The number of imide groups is 2. The number of phenols is 1. The molecule has 0 radical (unpaired) electrons. The molecule has 8 rings (SSSR count). The summed E-state index contributed by atoms with van der Waals surface area (Å²) in [7, 11) is 0. The molecule has 8 nitrogen and oxygen atoms in total. The monoisotopic (exact) mass is 665 g/mol. The lowest BCUT2D eigenvalue weighted by Crippen LogP contribution is -2.53. The second kappa shape index (κ2) is 11.8. The van der Waals surface area contributed by atoms with Gasteiger partial charge in [-0.15, -0.1) is 0 Å². The Labute approximate surface area is 291 Å². The summed E-state index contributed by atoms with van der Waals surface area (Å²) in [6, 6.07) is 29.8. The van der Waals surface area contributed by atoms with E-state index in [0.717, 1.165) is 28.1 Å². The zero-order valence-corrected chi connectivity index (χ0v) is 28.3. The van der Waals surface area contributed by atoms with Gasteiger partial charge in [0.05, 0.1) is 34.5 Å². The number of aryl methyl sites for hydroxylation is 3. The summed E-state index contributed by atoms with van der Waals surface area (Å²) < 4.78 is 0. The van der Waals surface area contributed by atoms with Crippen LogP contribution < -0.4 is 10.3 Å². The summed E-state index contributed by atoms with van der Waals surface area (Å²) in [5, 5.41) is 12.9. The van der Waals surface area contributed by atoms with E-state index in [-0.39, 0.29) is 24.0 Å². The van der Waals surface area contributed by atoms with Gasteiger partial charge in [-0.25, -0.2) is 0 Å². The van der Waals surface area contributed by atoms with Crippen molar-refractivity contribution in [2.45, 2.75) is 51.4 Å². The van der Waals surface area contributed by atoms with Crippen LogP contribution in [0.25, 0.3) is 0 Å². The Balaban J connectivity index is 1.31. The lowest BCUT2D eigenvalue weighted by atomic mass is 9.49. The number of hydrazine groups is 1. The number of rotatable bonds is 6. The quantitative estimate of drug-likeness (QED) is 0.174. The normalized spacial score (nSPS) is 27.2. The van der Waals surface area contributed by atoms with Crippen LogP contribution in [0.4, 0.5) is 11.4 Å². The average Bonchev–Trinajstić information content (AvgIpc) is 3.51. The topological polar surface area (TPSA) is 107 Å². The van der Waals surface area contributed by atoms with Gasteiger partial charge in [0.15, 0.2) is 0 Å². The first-order chi connectivity index (χ1) is 24.2. The van der Waals surface area contributed by atoms with Crippen LogP contribution >= 0.6 is 0 Å². The van der Waals surface area contributed by atoms with Crippen LogP contribution in [0.1, 0.15) is 53.5 Å². The van der Waals surface area contributed by atoms with Crippen molar-refractivity contribution < 1.29 is 24.3 Å². The maximum Gasteiger partial charge on any atom is 0.260 e. The summed E-state index contributed by atoms with van der Waals surface area (Å²) in [6.45, 7) is 5.83. The highest BCUT2D eigenvalue weighted by atomic mass is 16.3. The van der Waals surface area contributed by atoms with Crippen molar-refractivity contribution in [1.29, 1.82) is 0 Å². The fraction of sp³-hybridized carbons (Fsp3) is 0.286. The molecule has 3 fully saturated rings. The SMILES string of the molecule is CCc1ccc(N2C(=O)[C@H]3[C@H](CC=C4[C@H]3C[C@H]3C(=O)N(Nc5ccc(C)cc5)C(=O)[C@@]3(c3ccccc3)[C@H]4c3cccc(C)c3O)C2=O)cc1. The predicted molar refractivity (Wildman–Crippen MR) is 190 cm³/mol. The number of hydrogen-bond donors (Lipinski definition) is 2. The molecule has 0 bridgehead atoms. The predicted octanol–water partition coefficient (Wildman–Crippen LogP) is 6.76.